The van der Waals surface area contributed by atoms with Crippen LogP contribution in [-0.2, 0) is 9.59 Å². The molecule has 3 amide bonds. The van der Waals surface area contributed by atoms with Crippen molar-refractivity contribution in [3.8, 4) is 0 Å². The van der Waals surface area contributed by atoms with Crippen LogP contribution in [0.5, 0.6) is 0 Å². The lowest BCUT2D eigenvalue weighted by Crippen LogP contribution is -2.51. The van der Waals surface area contributed by atoms with E-state index < -0.39 is 0 Å². The molecule has 3 rings (SSSR count). The summed E-state index contributed by atoms with van der Waals surface area (Å²) in [6.07, 6.45) is 2.02. The highest BCUT2D eigenvalue weighted by molar-refractivity contribution is 5.97. The van der Waals surface area contributed by atoms with Gasteiger partial charge in [-0.25, -0.2) is 0 Å². The van der Waals surface area contributed by atoms with E-state index in [0.29, 0.717) is 37.4 Å². The molecule has 1 N–H and O–H groups in total. The van der Waals surface area contributed by atoms with Gasteiger partial charge in [-0.2, -0.15) is 0 Å². The van der Waals surface area contributed by atoms with Gasteiger partial charge in [-0.05, 0) is 31.0 Å². The van der Waals surface area contributed by atoms with Gasteiger partial charge in [-0.15, -0.1) is 0 Å². The lowest BCUT2D eigenvalue weighted by Gasteiger charge is -2.35. The highest BCUT2D eigenvalue weighted by Gasteiger charge is 2.35. The highest BCUT2D eigenvalue weighted by atomic mass is 16.2. The van der Waals surface area contributed by atoms with Crippen molar-refractivity contribution in [2.75, 3.05) is 31.5 Å². The zero-order valence-corrected chi connectivity index (χ0v) is 13.2. The van der Waals surface area contributed by atoms with Crippen molar-refractivity contribution in [2.24, 2.45) is 5.92 Å². The minimum absolute atomic E-state index is 0.0595. The number of nitrogens with zero attached hydrogens (tertiary/aromatic N) is 2. The second-order valence-electron chi connectivity index (χ2n) is 6.15. The van der Waals surface area contributed by atoms with Crippen LogP contribution in [0, 0.1) is 5.92 Å². The second kappa shape index (κ2) is 6.40. The highest BCUT2D eigenvalue weighted by Crippen LogP contribution is 2.31. The molecule has 1 aliphatic heterocycles. The number of hydrogen-bond acceptors (Lipinski definition) is 3. The Morgan fingerprint density at radius 1 is 1.04 bits per heavy atom. The third-order valence-electron chi connectivity index (χ3n) is 4.24. The van der Waals surface area contributed by atoms with Gasteiger partial charge in [0.2, 0.25) is 11.8 Å². The molecule has 122 valence electrons. The molecule has 6 heteroatoms. The zero-order valence-electron chi connectivity index (χ0n) is 13.2. The SMILES string of the molecule is CC(=O)Nc1cccc(C(=O)N2CCN(C(=O)C3CC3)CC2)c1. The van der Waals surface area contributed by atoms with Crippen molar-refractivity contribution in [1.29, 1.82) is 0 Å². The molecule has 1 saturated heterocycles. The molecular formula is C17H21N3O3. The first kappa shape index (κ1) is 15.5. The predicted molar refractivity (Wildman–Crippen MR) is 86.0 cm³/mol. The van der Waals surface area contributed by atoms with Crippen LogP contribution < -0.4 is 5.32 Å². The summed E-state index contributed by atoms with van der Waals surface area (Å²) < 4.78 is 0. The molecule has 1 saturated carbocycles. The lowest BCUT2D eigenvalue weighted by atomic mass is 10.1. The van der Waals surface area contributed by atoms with Crippen molar-refractivity contribution in [3.05, 3.63) is 29.8 Å². The number of anilines is 1. The number of benzene rings is 1. The molecule has 0 radical (unpaired) electrons. The molecule has 23 heavy (non-hydrogen) atoms. The van der Waals surface area contributed by atoms with E-state index >= 15 is 0 Å². The normalized spacial score (nSPS) is 17.8. The van der Waals surface area contributed by atoms with Gasteiger partial charge >= 0.3 is 0 Å². The summed E-state index contributed by atoms with van der Waals surface area (Å²) in [5.41, 5.74) is 1.17. The molecule has 2 aliphatic rings. The largest absolute Gasteiger partial charge is 0.339 e. The Balaban J connectivity index is 1.60. The lowest BCUT2D eigenvalue weighted by molar-refractivity contribution is -0.134. The Morgan fingerprint density at radius 2 is 1.70 bits per heavy atom. The maximum Gasteiger partial charge on any atom is 0.254 e. The van der Waals surface area contributed by atoms with Crippen LogP contribution in [-0.4, -0.2) is 53.7 Å². The average Bonchev–Trinajstić information content (AvgIpc) is 3.38. The third kappa shape index (κ3) is 3.70. The molecule has 2 fully saturated rings. The molecule has 0 unspecified atom stereocenters. The van der Waals surface area contributed by atoms with E-state index in [2.05, 4.69) is 5.32 Å². The first-order valence-electron chi connectivity index (χ1n) is 8.00. The smallest absolute Gasteiger partial charge is 0.254 e. The van der Waals surface area contributed by atoms with Crippen molar-refractivity contribution >= 4 is 23.4 Å². The number of amides is 3. The van der Waals surface area contributed by atoms with Crippen molar-refractivity contribution < 1.29 is 14.4 Å². The molecular weight excluding hydrogens is 294 g/mol. The maximum absolute atomic E-state index is 12.6. The minimum Gasteiger partial charge on any atom is -0.339 e. The predicted octanol–water partition coefficient (Wildman–Crippen LogP) is 1.34. The Morgan fingerprint density at radius 3 is 2.30 bits per heavy atom. The van der Waals surface area contributed by atoms with Crippen molar-refractivity contribution in [1.82, 2.24) is 9.80 Å². The van der Waals surface area contributed by atoms with Gasteiger partial charge in [0.05, 0.1) is 0 Å². The van der Waals surface area contributed by atoms with E-state index in [-0.39, 0.29) is 23.6 Å². The quantitative estimate of drug-likeness (QED) is 0.915. The summed E-state index contributed by atoms with van der Waals surface area (Å²) in [6.45, 7) is 3.76. The molecule has 1 aromatic carbocycles. The molecule has 1 aromatic rings. The van der Waals surface area contributed by atoms with E-state index in [4.69, 9.17) is 0 Å². The number of hydrogen-bond donors (Lipinski definition) is 1. The van der Waals surface area contributed by atoms with Crippen LogP contribution in [0.25, 0.3) is 0 Å². The maximum atomic E-state index is 12.6. The summed E-state index contributed by atoms with van der Waals surface area (Å²) in [7, 11) is 0. The first-order valence-corrected chi connectivity index (χ1v) is 8.00. The summed E-state index contributed by atoms with van der Waals surface area (Å²) in [6, 6.07) is 6.94. The van der Waals surface area contributed by atoms with Crippen LogP contribution in [0.3, 0.4) is 0 Å². The Kier molecular flexibility index (Phi) is 4.32. The second-order valence-corrected chi connectivity index (χ2v) is 6.15. The van der Waals surface area contributed by atoms with Gasteiger partial charge in [-0.1, -0.05) is 6.07 Å². The van der Waals surface area contributed by atoms with E-state index in [9.17, 15) is 14.4 Å². The van der Waals surface area contributed by atoms with Gasteiger partial charge < -0.3 is 15.1 Å². The fourth-order valence-electron chi connectivity index (χ4n) is 2.83. The van der Waals surface area contributed by atoms with E-state index in [1.807, 2.05) is 4.90 Å². The van der Waals surface area contributed by atoms with Crippen LogP contribution in [0.2, 0.25) is 0 Å². The minimum atomic E-state index is -0.165. The molecule has 0 spiro atoms. The van der Waals surface area contributed by atoms with Crippen LogP contribution in [0.1, 0.15) is 30.1 Å². The van der Waals surface area contributed by atoms with Gasteiger partial charge in [-0.3, -0.25) is 14.4 Å². The molecule has 1 aliphatic carbocycles. The van der Waals surface area contributed by atoms with Crippen LogP contribution in [0.15, 0.2) is 24.3 Å². The number of rotatable bonds is 3. The fourth-order valence-corrected chi connectivity index (χ4v) is 2.83. The van der Waals surface area contributed by atoms with Gasteiger partial charge in [0.15, 0.2) is 0 Å². The molecule has 0 atom stereocenters. The van der Waals surface area contributed by atoms with Crippen molar-refractivity contribution in [3.63, 3.8) is 0 Å². The van der Waals surface area contributed by atoms with E-state index in [1.165, 1.54) is 6.92 Å². The topological polar surface area (TPSA) is 69.7 Å². The average molecular weight is 315 g/mol. The van der Waals surface area contributed by atoms with Crippen molar-refractivity contribution in [2.45, 2.75) is 19.8 Å². The van der Waals surface area contributed by atoms with Gasteiger partial charge in [0, 0.05) is 50.3 Å². The molecule has 1 heterocycles. The number of nitrogens with one attached hydrogen (secondary N) is 1. The fraction of sp³-hybridized carbons (Fsp3) is 0.471. The summed E-state index contributed by atoms with van der Waals surface area (Å²) in [5, 5.41) is 2.68. The third-order valence-corrected chi connectivity index (χ3v) is 4.24. The van der Waals surface area contributed by atoms with E-state index in [1.54, 1.807) is 29.2 Å². The Labute approximate surface area is 135 Å². The van der Waals surface area contributed by atoms with Gasteiger partial charge in [0.1, 0.15) is 0 Å². The summed E-state index contributed by atoms with van der Waals surface area (Å²) in [4.78, 5) is 39.4. The Bertz CT molecular complexity index is 632. The standard InChI is InChI=1S/C17H21N3O3/c1-12(21)18-15-4-2-3-14(11-15)17(23)20-9-7-19(8-10-20)16(22)13-5-6-13/h2-4,11,13H,5-10H2,1H3,(H,18,21). The summed E-state index contributed by atoms with van der Waals surface area (Å²) in [5.74, 6) is 0.244. The molecule has 6 nitrogen and oxygen atoms in total. The number of carbonyl (C=O) groups is 3. The summed E-state index contributed by atoms with van der Waals surface area (Å²) >= 11 is 0. The number of piperazine rings is 1. The van der Waals surface area contributed by atoms with Crippen LogP contribution >= 0.6 is 0 Å². The molecule has 0 bridgehead atoms. The van der Waals surface area contributed by atoms with Crippen LogP contribution in [0.4, 0.5) is 5.69 Å². The molecule has 0 aromatic heterocycles. The first-order chi connectivity index (χ1) is 11.0. The number of carbonyl (C=O) groups excluding carboxylic acids is 3. The monoisotopic (exact) mass is 315 g/mol. The van der Waals surface area contributed by atoms with E-state index in [0.717, 1.165) is 12.8 Å². The zero-order chi connectivity index (χ0) is 16.4. The Hall–Kier alpha value is -2.37. The van der Waals surface area contributed by atoms with Gasteiger partial charge in [0.25, 0.3) is 5.91 Å².